The Morgan fingerprint density at radius 2 is 2.20 bits per heavy atom. The highest BCUT2D eigenvalue weighted by Crippen LogP contribution is 2.29. The van der Waals surface area contributed by atoms with Gasteiger partial charge < -0.3 is 5.32 Å². The molecule has 0 radical (unpaired) electrons. The Morgan fingerprint density at radius 3 is 2.73 bits per heavy atom. The van der Waals surface area contributed by atoms with Crippen LogP contribution in [0.15, 0.2) is 11.1 Å². The molecule has 2 fully saturated rings. The third-order valence-electron chi connectivity index (χ3n) is 3.33. The Morgan fingerprint density at radius 1 is 1.40 bits per heavy atom. The molecular weight excluding hydrogens is 252 g/mol. The fourth-order valence-electron chi connectivity index (χ4n) is 2.41. The normalized spacial score (nSPS) is 26.9. The summed E-state index contributed by atoms with van der Waals surface area (Å²) in [6.45, 7) is 8.66. The molecule has 2 nitrogen and oxygen atoms in total. The van der Waals surface area contributed by atoms with Crippen molar-refractivity contribution in [2.24, 2.45) is 5.92 Å². The molecule has 86 valence electrons. The Labute approximate surface area is 101 Å². The predicted molar refractivity (Wildman–Crippen MR) is 68.3 cm³/mol. The van der Waals surface area contributed by atoms with Crippen molar-refractivity contribution in [1.82, 2.24) is 10.2 Å². The predicted octanol–water partition coefficient (Wildman–Crippen LogP) is 2.36. The van der Waals surface area contributed by atoms with Crippen LogP contribution < -0.4 is 5.32 Å². The van der Waals surface area contributed by atoms with Gasteiger partial charge in [0.25, 0.3) is 0 Å². The zero-order chi connectivity index (χ0) is 10.7. The summed E-state index contributed by atoms with van der Waals surface area (Å²) < 4.78 is 1.12. The van der Waals surface area contributed by atoms with E-state index in [-0.39, 0.29) is 0 Å². The fourth-order valence-corrected chi connectivity index (χ4v) is 2.74. The fraction of sp³-hybridized carbons (Fsp3) is 0.833. The van der Waals surface area contributed by atoms with Crippen LogP contribution in [0.3, 0.4) is 0 Å². The number of hydrogen-bond donors (Lipinski definition) is 1. The van der Waals surface area contributed by atoms with E-state index in [1.54, 1.807) is 0 Å². The van der Waals surface area contributed by atoms with E-state index in [9.17, 15) is 0 Å². The van der Waals surface area contributed by atoms with Crippen LogP contribution in [0.25, 0.3) is 0 Å². The van der Waals surface area contributed by atoms with Gasteiger partial charge in [0.15, 0.2) is 0 Å². The summed E-state index contributed by atoms with van der Waals surface area (Å²) in [7, 11) is 0. The second-order valence-corrected chi connectivity index (χ2v) is 6.01. The molecule has 1 heterocycles. The standard InChI is InChI=1S/C12H21BrN2/c1-10(13)8-15(12-4-5-12)9-11-3-2-6-14-7-11/h11-12,14H,1-9H2. The van der Waals surface area contributed by atoms with Crippen LogP contribution in [-0.4, -0.2) is 37.1 Å². The van der Waals surface area contributed by atoms with Crippen LogP contribution in [0.5, 0.6) is 0 Å². The van der Waals surface area contributed by atoms with E-state index in [4.69, 9.17) is 0 Å². The minimum absolute atomic E-state index is 0.848. The molecular formula is C12H21BrN2. The van der Waals surface area contributed by atoms with Gasteiger partial charge in [-0.05, 0) is 44.7 Å². The topological polar surface area (TPSA) is 15.3 Å². The molecule has 0 amide bonds. The monoisotopic (exact) mass is 272 g/mol. The molecule has 0 spiro atoms. The lowest BCUT2D eigenvalue weighted by Gasteiger charge is -2.30. The third-order valence-corrected chi connectivity index (χ3v) is 3.58. The molecule has 1 atom stereocenters. The zero-order valence-electron chi connectivity index (χ0n) is 9.34. The highest BCUT2D eigenvalue weighted by atomic mass is 79.9. The van der Waals surface area contributed by atoms with Gasteiger partial charge in [-0.3, -0.25) is 4.90 Å². The minimum atomic E-state index is 0.848. The van der Waals surface area contributed by atoms with Gasteiger partial charge in [-0.2, -0.15) is 0 Å². The number of nitrogens with one attached hydrogen (secondary N) is 1. The van der Waals surface area contributed by atoms with Gasteiger partial charge in [-0.15, -0.1) is 0 Å². The van der Waals surface area contributed by atoms with Gasteiger partial charge >= 0.3 is 0 Å². The molecule has 2 rings (SSSR count). The van der Waals surface area contributed by atoms with Crippen molar-refractivity contribution in [2.45, 2.75) is 31.7 Å². The van der Waals surface area contributed by atoms with Crippen LogP contribution in [0, 0.1) is 5.92 Å². The first-order valence-electron chi connectivity index (χ1n) is 6.04. The summed E-state index contributed by atoms with van der Waals surface area (Å²) in [5.41, 5.74) is 0. The number of halogens is 1. The molecule has 2 aliphatic rings. The summed E-state index contributed by atoms with van der Waals surface area (Å²) in [6.07, 6.45) is 5.52. The highest BCUT2D eigenvalue weighted by molar-refractivity contribution is 9.11. The van der Waals surface area contributed by atoms with Crippen molar-refractivity contribution < 1.29 is 0 Å². The lowest BCUT2D eigenvalue weighted by Crippen LogP contribution is -2.39. The van der Waals surface area contributed by atoms with Gasteiger partial charge in [0.2, 0.25) is 0 Å². The van der Waals surface area contributed by atoms with Gasteiger partial charge in [-0.1, -0.05) is 22.5 Å². The van der Waals surface area contributed by atoms with Crippen molar-refractivity contribution >= 4 is 15.9 Å². The quantitative estimate of drug-likeness (QED) is 0.827. The summed E-state index contributed by atoms with van der Waals surface area (Å²) in [5, 5.41) is 3.49. The molecule has 1 aliphatic carbocycles. The Bertz CT molecular complexity index is 220. The van der Waals surface area contributed by atoms with Crippen molar-refractivity contribution in [2.75, 3.05) is 26.2 Å². The average molecular weight is 273 g/mol. The third kappa shape index (κ3) is 3.89. The Hall–Kier alpha value is 0.140. The lowest BCUT2D eigenvalue weighted by molar-refractivity contribution is 0.216. The first-order valence-corrected chi connectivity index (χ1v) is 6.83. The number of nitrogens with zero attached hydrogens (tertiary/aromatic N) is 1. The maximum Gasteiger partial charge on any atom is 0.0296 e. The molecule has 1 N–H and O–H groups in total. The minimum Gasteiger partial charge on any atom is -0.316 e. The van der Waals surface area contributed by atoms with Crippen LogP contribution in [0.2, 0.25) is 0 Å². The van der Waals surface area contributed by atoms with Crippen molar-refractivity contribution in [3.8, 4) is 0 Å². The number of hydrogen-bond acceptors (Lipinski definition) is 2. The largest absolute Gasteiger partial charge is 0.316 e. The van der Waals surface area contributed by atoms with Crippen molar-refractivity contribution in [3.63, 3.8) is 0 Å². The SMILES string of the molecule is C=C(Br)CN(CC1CCCNC1)C1CC1. The summed E-state index contributed by atoms with van der Waals surface area (Å²) in [5.74, 6) is 0.853. The maximum atomic E-state index is 3.96. The van der Waals surface area contributed by atoms with E-state index in [1.165, 1.54) is 45.3 Å². The zero-order valence-corrected chi connectivity index (χ0v) is 10.9. The van der Waals surface area contributed by atoms with Crippen LogP contribution in [0.1, 0.15) is 25.7 Å². The second-order valence-electron chi connectivity index (χ2n) is 4.89. The molecule has 0 aromatic rings. The van der Waals surface area contributed by atoms with Crippen molar-refractivity contribution in [3.05, 3.63) is 11.1 Å². The second kappa shape index (κ2) is 5.46. The van der Waals surface area contributed by atoms with Gasteiger partial charge in [-0.25, -0.2) is 0 Å². The van der Waals surface area contributed by atoms with Crippen LogP contribution in [0.4, 0.5) is 0 Å². The van der Waals surface area contributed by atoms with E-state index in [0.29, 0.717) is 0 Å². The molecule has 1 aliphatic heterocycles. The van der Waals surface area contributed by atoms with E-state index < -0.39 is 0 Å². The average Bonchev–Trinajstić information content (AvgIpc) is 3.01. The maximum absolute atomic E-state index is 3.96. The molecule has 1 saturated carbocycles. The van der Waals surface area contributed by atoms with Crippen LogP contribution in [-0.2, 0) is 0 Å². The molecule has 0 aromatic carbocycles. The number of piperidine rings is 1. The Kier molecular flexibility index (Phi) is 4.23. The molecule has 0 bridgehead atoms. The molecule has 15 heavy (non-hydrogen) atoms. The van der Waals surface area contributed by atoms with E-state index in [2.05, 4.69) is 32.7 Å². The first kappa shape index (κ1) is 11.6. The van der Waals surface area contributed by atoms with E-state index >= 15 is 0 Å². The molecule has 1 unspecified atom stereocenters. The first-order chi connectivity index (χ1) is 7.25. The lowest BCUT2D eigenvalue weighted by atomic mass is 9.99. The van der Waals surface area contributed by atoms with Gasteiger partial charge in [0.1, 0.15) is 0 Å². The highest BCUT2D eigenvalue weighted by Gasteiger charge is 2.30. The van der Waals surface area contributed by atoms with Gasteiger partial charge in [0.05, 0.1) is 0 Å². The molecule has 3 heteroatoms. The summed E-state index contributed by atoms with van der Waals surface area (Å²) >= 11 is 3.48. The summed E-state index contributed by atoms with van der Waals surface area (Å²) in [6, 6.07) is 0.848. The van der Waals surface area contributed by atoms with Crippen molar-refractivity contribution in [1.29, 1.82) is 0 Å². The van der Waals surface area contributed by atoms with Crippen LogP contribution >= 0.6 is 15.9 Å². The molecule has 1 saturated heterocycles. The summed E-state index contributed by atoms with van der Waals surface area (Å²) in [4.78, 5) is 2.61. The molecule has 0 aromatic heterocycles. The van der Waals surface area contributed by atoms with Gasteiger partial charge in [0, 0.05) is 23.6 Å². The van der Waals surface area contributed by atoms with E-state index in [0.717, 1.165) is 23.0 Å². The number of rotatable bonds is 5. The Balaban J connectivity index is 1.79. The smallest absolute Gasteiger partial charge is 0.0296 e. The van der Waals surface area contributed by atoms with E-state index in [1.807, 2.05) is 0 Å².